The highest BCUT2D eigenvalue weighted by Crippen LogP contribution is 2.27. The first kappa shape index (κ1) is 13.4. The highest BCUT2D eigenvalue weighted by atomic mass is 79.9. The molecule has 0 aliphatic rings. The van der Waals surface area contributed by atoms with Gasteiger partial charge in [-0.2, -0.15) is 0 Å². The Bertz CT molecular complexity index is 617. The molecule has 0 fully saturated rings. The van der Waals surface area contributed by atoms with Crippen molar-refractivity contribution in [2.75, 3.05) is 18.2 Å². The van der Waals surface area contributed by atoms with Crippen molar-refractivity contribution >= 4 is 39.0 Å². The number of nitrogens with one attached hydrogen (secondary N) is 1. The molecule has 0 unspecified atom stereocenters. The van der Waals surface area contributed by atoms with E-state index < -0.39 is 5.97 Å². The quantitative estimate of drug-likeness (QED) is 0.671. The maximum Gasteiger partial charge on any atom is 0.340 e. The van der Waals surface area contributed by atoms with Crippen LogP contribution in [0, 0.1) is 0 Å². The smallest absolute Gasteiger partial charge is 0.340 e. The van der Waals surface area contributed by atoms with Crippen LogP contribution >= 0.6 is 15.9 Å². The molecule has 19 heavy (non-hydrogen) atoms. The van der Waals surface area contributed by atoms with E-state index in [0.29, 0.717) is 16.9 Å². The Hall–Kier alpha value is -2.08. The van der Waals surface area contributed by atoms with Gasteiger partial charge in [-0.15, -0.1) is 0 Å². The van der Waals surface area contributed by atoms with Gasteiger partial charge in [-0.1, -0.05) is 6.07 Å². The number of ether oxygens (including phenoxy) is 1. The van der Waals surface area contributed by atoms with Crippen LogP contribution in [0.25, 0.3) is 0 Å². The zero-order valence-corrected chi connectivity index (χ0v) is 11.8. The van der Waals surface area contributed by atoms with Crippen molar-refractivity contribution in [2.24, 2.45) is 0 Å². The van der Waals surface area contributed by atoms with Crippen molar-refractivity contribution in [3.05, 3.63) is 46.7 Å². The summed E-state index contributed by atoms with van der Waals surface area (Å²) < 4.78 is 5.52. The molecule has 1 aromatic heterocycles. The SMILES string of the molecule is COC(=O)c1cccc(Nc2cncc(Br)c2)c1N. The van der Waals surface area contributed by atoms with Crippen LogP contribution in [0.4, 0.5) is 17.1 Å². The third kappa shape index (κ3) is 3.03. The number of rotatable bonds is 3. The molecule has 98 valence electrons. The predicted molar refractivity (Wildman–Crippen MR) is 77.4 cm³/mol. The second-order valence-electron chi connectivity index (χ2n) is 3.78. The van der Waals surface area contributed by atoms with E-state index >= 15 is 0 Å². The van der Waals surface area contributed by atoms with Crippen molar-refractivity contribution in [1.29, 1.82) is 0 Å². The van der Waals surface area contributed by atoms with Gasteiger partial charge in [0.05, 0.1) is 35.9 Å². The fourth-order valence-corrected chi connectivity index (χ4v) is 1.96. The van der Waals surface area contributed by atoms with Crippen LogP contribution in [0.2, 0.25) is 0 Å². The maximum atomic E-state index is 11.5. The Morgan fingerprint density at radius 1 is 1.42 bits per heavy atom. The Balaban J connectivity index is 2.33. The normalized spacial score (nSPS) is 10.0. The summed E-state index contributed by atoms with van der Waals surface area (Å²) in [6.45, 7) is 0. The molecule has 6 heteroatoms. The lowest BCUT2D eigenvalue weighted by atomic mass is 10.1. The summed E-state index contributed by atoms with van der Waals surface area (Å²) in [5.74, 6) is -0.464. The molecule has 1 heterocycles. The maximum absolute atomic E-state index is 11.5. The molecule has 0 radical (unpaired) electrons. The molecule has 5 nitrogen and oxygen atoms in total. The van der Waals surface area contributed by atoms with E-state index in [1.165, 1.54) is 7.11 Å². The van der Waals surface area contributed by atoms with E-state index in [9.17, 15) is 4.79 Å². The first-order chi connectivity index (χ1) is 9.11. The Kier molecular flexibility index (Phi) is 4.01. The number of pyridine rings is 1. The molecule has 0 saturated heterocycles. The number of anilines is 3. The standard InChI is InChI=1S/C13H12BrN3O2/c1-19-13(18)10-3-2-4-11(12(10)15)17-9-5-8(14)6-16-7-9/h2-7,17H,15H2,1H3. The molecule has 2 aromatic rings. The van der Waals surface area contributed by atoms with Gasteiger partial charge >= 0.3 is 5.97 Å². The zero-order valence-electron chi connectivity index (χ0n) is 10.2. The number of nitrogens with two attached hydrogens (primary N) is 1. The van der Waals surface area contributed by atoms with Crippen LogP contribution in [-0.2, 0) is 4.74 Å². The van der Waals surface area contributed by atoms with Gasteiger partial charge in [0, 0.05) is 10.7 Å². The number of benzene rings is 1. The molecule has 0 amide bonds. The number of halogens is 1. The van der Waals surface area contributed by atoms with Crippen LogP contribution in [0.1, 0.15) is 10.4 Å². The van der Waals surface area contributed by atoms with E-state index in [1.807, 2.05) is 6.07 Å². The first-order valence-corrected chi connectivity index (χ1v) is 6.25. The molecular formula is C13H12BrN3O2. The van der Waals surface area contributed by atoms with Crippen molar-refractivity contribution in [1.82, 2.24) is 4.98 Å². The average Bonchev–Trinajstić information content (AvgIpc) is 2.40. The number of hydrogen-bond donors (Lipinski definition) is 2. The van der Waals surface area contributed by atoms with E-state index in [-0.39, 0.29) is 0 Å². The summed E-state index contributed by atoms with van der Waals surface area (Å²) in [6.07, 6.45) is 3.34. The van der Waals surface area contributed by atoms with Crippen molar-refractivity contribution < 1.29 is 9.53 Å². The van der Waals surface area contributed by atoms with E-state index in [2.05, 4.69) is 31.0 Å². The molecule has 1 aromatic carbocycles. The van der Waals surface area contributed by atoms with Gasteiger partial charge in [-0.3, -0.25) is 4.98 Å². The van der Waals surface area contributed by atoms with E-state index in [0.717, 1.165) is 10.2 Å². The van der Waals surface area contributed by atoms with Crippen molar-refractivity contribution in [3.8, 4) is 0 Å². The minimum Gasteiger partial charge on any atom is -0.465 e. The fraction of sp³-hybridized carbons (Fsp3) is 0.0769. The number of nitrogens with zero attached hydrogens (tertiary/aromatic N) is 1. The Morgan fingerprint density at radius 3 is 2.89 bits per heavy atom. The van der Waals surface area contributed by atoms with Gasteiger partial charge in [0.15, 0.2) is 0 Å². The number of methoxy groups -OCH3 is 1. The molecule has 2 rings (SSSR count). The molecular weight excluding hydrogens is 310 g/mol. The third-order valence-electron chi connectivity index (χ3n) is 2.50. The second-order valence-corrected chi connectivity index (χ2v) is 4.69. The van der Waals surface area contributed by atoms with Gasteiger partial charge < -0.3 is 15.8 Å². The minimum atomic E-state index is -0.464. The highest BCUT2D eigenvalue weighted by Gasteiger charge is 2.12. The predicted octanol–water partition coefficient (Wildman–Crippen LogP) is 2.96. The molecule has 0 spiro atoms. The Labute approximate surface area is 118 Å². The lowest BCUT2D eigenvalue weighted by molar-refractivity contribution is 0.0602. The number of carbonyl (C=O) groups excluding carboxylic acids is 1. The van der Waals surface area contributed by atoms with E-state index in [4.69, 9.17) is 5.73 Å². The van der Waals surface area contributed by atoms with Crippen LogP contribution in [-0.4, -0.2) is 18.1 Å². The zero-order chi connectivity index (χ0) is 13.8. The molecule has 0 atom stereocenters. The number of aromatic nitrogens is 1. The van der Waals surface area contributed by atoms with Crippen LogP contribution in [0.5, 0.6) is 0 Å². The highest BCUT2D eigenvalue weighted by molar-refractivity contribution is 9.10. The van der Waals surface area contributed by atoms with Gasteiger partial charge in [-0.05, 0) is 34.1 Å². The van der Waals surface area contributed by atoms with Crippen LogP contribution < -0.4 is 11.1 Å². The lowest BCUT2D eigenvalue weighted by Gasteiger charge is -2.11. The fourth-order valence-electron chi connectivity index (χ4n) is 1.60. The van der Waals surface area contributed by atoms with Crippen LogP contribution in [0.3, 0.4) is 0 Å². The molecule has 0 bridgehead atoms. The number of nitrogen functional groups attached to an aromatic ring is 1. The van der Waals surface area contributed by atoms with Crippen molar-refractivity contribution in [2.45, 2.75) is 0 Å². The first-order valence-electron chi connectivity index (χ1n) is 5.46. The minimum absolute atomic E-state index is 0.329. The summed E-state index contributed by atoms with van der Waals surface area (Å²) in [5, 5.41) is 3.11. The van der Waals surface area contributed by atoms with Crippen LogP contribution in [0.15, 0.2) is 41.1 Å². The largest absolute Gasteiger partial charge is 0.465 e. The van der Waals surface area contributed by atoms with Gasteiger partial charge in [0.25, 0.3) is 0 Å². The summed E-state index contributed by atoms with van der Waals surface area (Å²) in [5.41, 5.74) is 8.02. The number of esters is 1. The van der Waals surface area contributed by atoms with Gasteiger partial charge in [-0.25, -0.2) is 4.79 Å². The molecule has 3 N–H and O–H groups in total. The summed E-state index contributed by atoms with van der Waals surface area (Å²) in [4.78, 5) is 15.6. The summed E-state index contributed by atoms with van der Waals surface area (Å²) in [6, 6.07) is 6.99. The number of hydrogen-bond acceptors (Lipinski definition) is 5. The Morgan fingerprint density at radius 2 is 2.21 bits per heavy atom. The third-order valence-corrected chi connectivity index (χ3v) is 2.93. The number of para-hydroxylation sites is 1. The average molecular weight is 322 g/mol. The topological polar surface area (TPSA) is 77.2 Å². The summed E-state index contributed by atoms with van der Waals surface area (Å²) >= 11 is 3.34. The van der Waals surface area contributed by atoms with E-state index in [1.54, 1.807) is 30.6 Å². The number of carbonyl (C=O) groups is 1. The van der Waals surface area contributed by atoms with Gasteiger partial charge in [0.2, 0.25) is 0 Å². The molecule has 0 aliphatic carbocycles. The van der Waals surface area contributed by atoms with Gasteiger partial charge in [0.1, 0.15) is 0 Å². The monoisotopic (exact) mass is 321 g/mol. The van der Waals surface area contributed by atoms with Crippen molar-refractivity contribution in [3.63, 3.8) is 0 Å². The lowest BCUT2D eigenvalue weighted by Crippen LogP contribution is -2.07. The summed E-state index contributed by atoms with van der Waals surface area (Å²) in [7, 11) is 1.32. The molecule has 0 saturated carbocycles. The second kappa shape index (κ2) is 5.71. The molecule has 0 aliphatic heterocycles.